The number of methoxy groups -OCH3 is 1. The first-order valence-corrected chi connectivity index (χ1v) is 14.0. The van der Waals surface area contributed by atoms with Crippen molar-refractivity contribution in [2.24, 2.45) is 0 Å². The van der Waals surface area contributed by atoms with E-state index in [0.29, 0.717) is 28.2 Å². The number of ether oxygens (including phenoxy) is 1. The molecule has 0 radical (unpaired) electrons. The molecule has 0 aliphatic heterocycles. The molecule has 0 bridgehead atoms. The van der Waals surface area contributed by atoms with Crippen LogP contribution >= 0.6 is 11.6 Å². The molecule has 210 valence electrons. The summed E-state index contributed by atoms with van der Waals surface area (Å²) in [7, 11) is -2.71. The average Bonchev–Trinajstić information content (AvgIpc) is 2.84. The molecule has 0 fully saturated rings. The Hall–Kier alpha value is -2.99. The summed E-state index contributed by atoms with van der Waals surface area (Å²) in [6.45, 7) is 2.95. The molecule has 0 unspecified atom stereocenters. The minimum absolute atomic E-state index is 0.0583. The van der Waals surface area contributed by atoms with E-state index in [1.807, 2.05) is 6.92 Å². The molecule has 0 spiro atoms. The molecular formula is C25H31ClF3N3O5S. The van der Waals surface area contributed by atoms with Crippen molar-refractivity contribution in [1.82, 2.24) is 10.2 Å². The molecule has 8 nitrogen and oxygen atoms in total. The van der Waals surface area contributed by atoms with Crippen molar-refractivity contribution in [3.63, 3.8) is 0 Å². The predicted molar refractivity (Wildman–Crippen MR) is 140 cm³/mol. The van der Waals surface area contributed by atoms with Gasteiger partial charge in [-0.25, -0.2) is 8.42 Å². The second-order valence-electron chi connectivity index (χ2n) is 8.62. The largest absolute Gasteiger partial charge is 0.497 e. The van der Waals surface area contributed by atoms with Crippen LogP contribution in [-0.2, 0) is 32.3 Å². The van der Waals surface area contributed by atoms with E-state index in [2.05, 4.69) is 5.32 Å². The van der Waals surface area contributed by atoms with Crippen LogP contribution in [0.25, 0.3) is 0 Å². The molecule has 13 heteroatoms. The molecule has 0 saturated heterocycles. The van der Waals surface area contributed by atoms with E-state index in [0.717, 1.165) is 31.2 Å². The highest BCUT2D eigenvalue weighted by atomic mass is 35.5. The zero-order valence-electron chi connectivity index (χ0n) is 21.5. The van der Waals surface area contributed by atoms with Gasteiger partial charge in [0.15, 0.2) is 0 Å². The van der Waals surface area contributed by atoms with Crippen LogP contribution in [0.1, 0.15) is 37.8 Å². The highest BCUT2D eigenvalue weighted by Gasteiger charge is 2.35. The number of amides is 2. The summed E-state index contributed by atoms with van der Waals surface area (Å²) in [6.07, 6.45) is -2.50. The lowest BCUT2D eigenvalue weighted by Crippen LogP contribution is -2.51. The molecule has 1 atom stereocenters. The van der Waals surface area contributed by atoms with Crippen LogP contribution in [0.15, 0.2) is 42.5 Å². The smallest absolute Gasteiger partial charge is 0.417 e. The third-order valence-corrected chi connectivity index (χ3v) is 7.20. The maximum absolute atomic E-state index is 13.5. The number of alkyl halides is 3. The summed E-state index contributed by atoms with van der Waals surface area (Å²) in [4.78, 5) is 27.5. The summed E-state index contributed by atoms with van der Waals surface area (Å²) < 4.78 is 71.1. The molecule has 2 aromatic rings. The Labute approximate surface area is 225 Å². The number of carbonyl (C=O) groups excluding carboxylic acids is 2. The zero-order chi connectivity index (χ0) is 28.7. The molecule has 0 saturated carbocycles. The zero-order valence-corrected chi connectivity index (χ0v) is 23.1. The average molecular weight is 578 g/mol. The Morgan fingerprint density at radius 2 is 1.76 bits per heavy atom. The number of unbranched alkanes of at least 4 members (excludes halogenated alkanes) is 1. The van der Waals surface area contributed by atoms with E-state index in [9.17, 15) is 31.2 Å². The first-order chi connectivity index (χ1) is 17.7. The molecule has 0 aliphatic carbocycles. The van der Waals surface area contributed by atoms with Gasteiger partial charge in [0, 0.05) is 13.1 Å². The number of anilines is 1. The maximum Gasteiger partial charge on any atom is 0.417 e. The normalized spacial score (nSPS) is 12.5. The topological polar surface area (TPSA) is 96.0 Å². The fraction of sp³-hybridized carbons (Fsp3) is 0.440. The first-order valence-electron chi connectivity index (χ1n) is 11.7. The van der Waals surface area contributed by atoms with Crippen LogP contribution < -0.4 is 14.4 Å². The highest BCUT2D eigenvalue weighted by molar-refractivity contribution is 7.92. The Morgan fingerprint density at radius 3 is 2.29 bits per heavy atom. The predicted octanol–water partition coefficient (Wildman–Crippen LogP) is 4.47. The summed E-state index contributed by atoms with van der Waals surface area (Å²) in [5.41, 5.74) is -0.998. The molecule has 0 heterocycles. The van der Waals surface area contributed by atoms with Gasteiger partial charge < -0.3 is 15.0 Å². The van der Waals surface area contributed by atoms with E-state index in [4.69, 9.17) is 16.3 Å². The van der Waals surface area contributed by atoms with Crippen LogP contribution in [0.3, 0.4) is 0 Å². The number of nitrogens with one attached hydrogen (secondary N) is 1. The molecule has 2 aromatic carbocycles. The van der Waals surface area contributed by atoms with Gasteiger partial charge in [-0.15, -0.1) is 0 Å². The third-order valence-electron chi connectivity index (χ3n) is 5.73. The van der Waals surface area contributed by atoms with Gasteiger partial charge in [-0.1, -0.05) is 37.1 Å². The summed E-state index contributed by atoms with van der Waals surface area (Å²) in [6, 6.07) is 8.28. The van der Waals surface area contributed by atoms with Gasteiger partial charge in [0.1, 0.15) is 18.3 Å². The van der Waals surface area contributed by atoms with E-state index in [1.165, 1.54) is 18.9 Å². The SMILES string of the molecule is CCCCNC(=O)[C@@H](C)N(Cc1ccc(OC)cc1)C(=O)CN(c1ccc(Cl)c(C(F)(F)F)c1)S(C)(=O)=O. The quantitative estimate of drug-likeness (QED) is 0.376. The van der Waals surface area contributed by atoms with Crippen LogP contribution in [-0.4, -0.2) is 57.6 Å². The minimum atomic E-state index is -4.84. The van der Waals surface area contributed by atoms with Crippen molar-refractivity contribution in [2.75, 3.05) is 30.8 Å². The fourth-order valence-electron chi connectivity index (χ4n) is 3.55. The van der Waals surface area contributed by atoms with Crippen molar-refractivity contribution in [3.8, 4) is 5.75 Å². The van der Waals surface area contributed by atoms with Gasteiger partial charge in [-0.3, -0.25) is 13.9 Å². The van der Waals surface area contributed by atoms with Crippen LogP contribution in [0.4, 0.5) is 18.9 Å². The standard InChI is InChI=1S/C25H31ClF3N3O5S/c1-5-6-13-30-24(34)17(2)31(15-18-7-10-20(37-3)11-8-18)23(33)16-32(38(4,35)36)19-9-12-22(26)21(14-19)25(27,28)29/h7-12,14,17H,5-6,13,15-16H2,1-4H3,(H,30,34)/t17-/m1/s1. The molecule has 1 N–H and O–H groups in total. The number of carbonyl (C=O) groups is 2. The molecule has 0 aromatic heterocycles. The second-order valence-corrected chi connectivity index (χ2v) is 10.9. The fourth-order valence-corrected chi connectivity index (χ4v) is 4.61. The summed E-state index contributed by atoms with van der Waals surface area (Å²) in [5, 5.41) is 2.13. The van der Waals surface area contributed by atoms with Crippen LogP contribution in [0, 0.1) is 0 Å². The number of sulfonamides is 1. The Morgan fingerprint density at radius 1 is 1.13 bits per heavy atom. The number of rotatable bonds is 12. The monoisotopic (exact) mass is 577 g/mol. The number of benzene rings is 2. The van der Waals surface area contributed by atoms with E-state index in [1.54, 1.807) is 24.3 Å². The summed E-state index contributed by atoms with van der Waals surface area (Å²) in [5.74, 6) is -0.659. The Balaban J connectivity index is 2.44. The van der Waals surface area contributed by atoms with Gasteiger partial charge >= 0.3 is 6.18 Å². The Bertz CT molecular complexity index is 1220. The number of halogens is 4. The Kier molecular flexibility index (Phi) is 10.8. The second kappa shape index (κ2) is 13.2. The van der Waals surface area contributed by atoms with Crippen LogP contribution in [0.2, 0.25) is 5.02 Å². The van der Waals surface area contributed by atoms with Crippen molar-refractivity contribution < 1.29 is 35.9 Å². The van der Waals surface area contributed by atoms with Crippen molar-refractivity contribution in [2.45, 2.75) is 45.5 Å². The van der Waals surface area contributed by atoms with E-state index >= 15 is 0 Å². The van der Waals surface area contributed by atoms with Crippen molar-refractivity contribution in [1.29, 1.82) is 0 Å². The molecule has 2 rings (SSSR count). The van der Waals surface area contributed by atoms with Gasteiger partial charge in [0.2, 0.25) is 21.8 Å². The van der Waals surface area contributed by atoms with Gasteiger partial charge in [-0.2, -0.15) is 13.2 Å². The molecular weight excluding hydrogens is 547 g/mol. The first kappa shape index (κ1) is 31.2. The lowest BCUT2D eigenvalue weighted by atomic mass is 10.1. The number of nitrogens with zero attached hydrogens (tertiary/aromatic N) is 2. The lowest BCUT2D eigenvalue weighted by molar-refractivity contribution is -0.139. The number of hydrogen-bond donors (Lipinski definition) is 1. The van der Waals surface area contributed by atoms with E-state index in [-0.39, 0.29) is 12.2 Å². The molecule has 2 amide bonds. The van der Waals surface area contributed by atoms with Crippen molar-refractivity contribution in [3.05, 3.63) is 58.6 Å². The van der Waals surface area contributed by atoms with Gasteiger partial charge in [-0.05, 0) is 49.2 Å². The molecule has 38 heavy (non-hydrogen) atoms. The molecule has 0 aliphatic rings. The van der Waals surface area contributed by atoms with Gasteiger partial charge in [0.05, 0.1) is 29.6 Å². The lowest BCUT2D eigenvalue weighted by Gasteiger charge is -2.31. The third kappa shape index (κ3) is 8.52. The number of hydrogen-bond acceptors (Lipinski definition) is 5. The van der Waals surface area contributed by atoms with Crippen LogP contribution in [0.5, 0.6) is 5.75 Å². The van der Waals surface area contributed by atoms with Gasteiger partial charge in [0.25, 0.3) is 0 Å². The highest BCUT2D eigenvalue weighted by Crippen LogP contribution is 2.37. The van der Waals surface area contributed by atoms with Crippen molar-refractivity contribution >= 4 is 39.1 Å². The van der Waals surface area contributed by atoms with E-state index < -0.39 is 51.2 Å². The maximum atomic E-state index is 13.5. The summed E-state index contributed by atoms with van der Waals surface area (Å²) >= 11 is 5.68. The minimum Gasteiger partial charge on any atom is -0.497 e.